The Hall–Kier alpha value is -1.06. The predicted octanol–water partition coefficient (Wildman–Crippen LogP) is 3.56. The molecule has 3 nitrogen and oxygen atoms in total. The first-order chi connectivity index (χ1) is 9.10. The number of likely N-dealkylation sites (N-methyl/N-ethyl adjacent to an activating group) is 1. The third-order valence-electron chi connectivity index (χ3n) is 4.05. The number of nitrogens with zero attached hydrogens (tertiary/aromatic N) is 1. The van der Waals surface area contributed by atoms with E-state index in [2.05, 4.69) is 0 Å². The number of carbonyl (C=O) groups excluding carboxylic acids is 1. The Labute approximate surface area is 119 Å². The number of rotatable bonds is 3. The van der Waals surface area contributed by atoms with Crippen molar-refractivity contribution in [2.75, 3.05) is 14.2 Å². The highest BCUT2D eigenvalue weighted by molar-refractivity contribution is 6.30. The molecule has 0 bridgehead atoms. The molecule has 0 radical (unpaired) electrons. The molecule has 1 aromatic carbocycles. The average Bonchev–Trinajstić information content (AvgIpc) is 2.46. The summed E-state index contributed by atoms with van der Waals surface area (Å²) in [5, 5.41) is 2.02. The van der Waals surface area contributed by atoms with E-state index in [0.717, 1.165) is 31.2 Å². The lowest BCUT2D eigenvalue weighted by molar-refractivity contribution is -0.176. The highest BCUT2D eigenvalue weighted by Gasteiger charge is 2.43. The van der Waals surface area contributed by atoms with E-state index in [-0.39, 0.29) is 5.91 Å². The Morgan fingerprint density at radius 3 is 2.58 bits per heavy atom. The smallest absolute Gasteiger partial charge is 0.256 e. The Morgan fingerprint density at radius 2 is 2.00 bits per heavy atom. The molecule has 0 unspecified atom stereocenters. The van der Waals surface area contributed by atoms with Gasteiger partial charge in [-0.2, -0.15) is 0 Å². The number of benzene rings is 1. The molecule has 1 amide bonds. The first-order valence-electron chi connectivity index (χ1n) is 6.68. The van der Waals surface area contributed by atoms with Crippen LogP contribution in [-0.2, 0) is 15.0 Å². The standard InChI is InChI=1S/C15H20ClNO2/c1-17(19-2)14(18)15(9-4-3-5-10-15)12-7-6-8-13(16)11-12/h6-8,11H,3-5,9-10H2,1-2H3. The highest BCUT2D eigenvalue weighted by atomic mass is 35.5. The van der Waals surface area contributed by atoms with Gasteiger partial charge in [-0.3, -0.25) is 9.63 Å². The molecule has 1 aliphatic rings. The monoisotopic (exact) mass is 281 g/mol. The van der Waals surface area contributed by atoms with E-state index in [1.165, 1.54) is 18.6 Å². The molecular formula is C15H20ClNO2. The quantitative estimate of drug-likeness (QED) is 0.793. The van der Waals surface area contributed by atoms with E-state index in [1.807, 2.05) is 24.3 Å². The molecule has 0 saturated heterocycles. The molecule has 4 heteroatoms. The van der Waals surface area contributed by atoms with Gasteiger partial charge in [0.15, 0.2) is 0 Å². The maximum absolute atomic E-state index is 12.7. The van der Waals surface area contributed by atoms with Crippen molar-refractivity contribution in [3.05, 3.63) is 34.9 Å². The Morgan fingerprint density at radius 1 is 1.32 bits per heavy atom. The summed E-state index contributed by atoms with van der Waals surface area (Å²) in [5.74, 6) is 0.0250. The van der Waals surface area contributed by atoms with E-state index >= 15 is 0 Å². The molecule has 0 atom stereocenters. The molecule has 1 aromatic rings. The first kappa shape index (κ1) is 14.4. The lowest BCUT2D eigenvalue weighted by Crippen LogP contribution is -2.46. The Kier molecular flexibility index (Phi) is 4.48. The number of carbonyl (C=O) groups is 1. The van der Waals surface area contributed by atoms with Gasteiger partial charge in [0, 0.05) is 12.1 Å². The second-order valence-electron chi connectivity index (χ2n) is 5.14. The number of hydrogen-bond acceptors (Lipinski definition) is 2. The van der Waals surface area contributed by atoms with Gasteiger partial charge in [-0.05, 0) is 30.5 Å². The zero-order chi connectivity index (χ0) is 13.9. The van der Waals surface area contributed by atoms with Crippen molar-refractivity contribution in [3.8, 4) is 0 Å². The van der Waals surface area contributed by atoms with Gasteiger partial charge >= 0.3 is 0 Å². The van der Waals surface area contributed by atoms with E-state index in [9.17, 15) is 4.79 Å². The SMILES string of the molecule is CON(C)C(=O)C1(c2cccc(Cl)c2)CCCCC1. The molecule has 0 N–H and O–H groups in total. The van der Waals surface area contributed by atoms with Crippen molar-refractivity contribution in [2.45, 2.75) is 37.5 Å². The summed E-state index contributed by atoms with van der Waals surface area (Å²) in [7, 11) is 3.19. The summed E-state index contributed by atoms with van der Waals surface area (Å²) < 4.78 is 0. The summed E-state index contributed by atoms with van der Waals surface area (Å²) in [6.07, 6.45) is 5.04. The third-order valence-corrected chi connectivity index (χ3v) is 4.29. The molecular weight excluding hydrogens is 262 g/mol. The van der Waals surface area contributed by atoms with Gasteiger partial charge in [0.2, 0.25) is 0 Å². The van der Waals surface area contributed by atoms with Crippen molar-refractivity contribution in [1.82, 2.24) is 5.06 Å². The van der Waals surface area contributed by atoms with E-state index in [1.54, 1.807) is 7.05 Å². The van der Waals surface area contributed by atoms with E-state index in [0.29, 0.717) is 5.02 Å². The molecule has 0 heterocycles. The number of hydroxylamine groups is 2. The van der Waals surface area contributed by atoms with Crippen molar-refractivity contribution in [3.63, 3.8) is 0 Å². The maximum atomic E-state index is 12.7. The molecule has 1 aliphatic carbocycles. The molecule has 2 rings (SSSR count). The van der Waals surface area contributed by atoms with Gasteiger partial charge in [0.1, 0.15) is 0 Å². The number of amides is 1. The fourth-order valence-electron chi connectivity index (χ4n) is 2.95. The average molecular weight is 282 g/mol. The lowest BCUT2D eigenvalue weighted by atomic mass is 9.68. The zero-order valence-electron chi connectivity index (χ0n) is 11.5. The van der Waals surface area contributed by atoms with Gasteiger partial charge in [-0.25, -0.2) is 5.06 Å². The lowest BCUT2D eigenvalue weighted by Gasteiger charge is -2.38. The molecule has 0 aromatic heterocycles. The van der Waals surface area contributed by atoms with Crippen LogP contribution in [-0.4, -0.2) is 25.1 Å². The topological polar surface area (TPSA) is 29.5 Å². The van der Waals surface area contributed by atoms with Crippen LogP contribution in [0.1, 0.15) is 37.7 Å². The maximum Gasteiger partial charge on any atom is 0.256 e. The summed E-state index contributed by atoms with van der Waals surface area (Å²) in [6.45, 7) is 0. The van der Waals surface area contributed by atoms with Crippen LogP contribution >= 0.6 is 11.6 Å². The second kappa shape index (κ2) is 5.93. The fraction of sp³-hybridized carbons (Fsp3) is 0.533. The van der Waals surface area contributed by atoms with E-state index in [4.69, 9.17) is 16.4 Å². The molecule has 0 aliphatic heterocycles. The minimum atomic E-state index is -0.478. The van der Waals surface area contributed by atoms with Crippen molar-refractivity contribution >= 4 is 17.5 Å². The van der Waals surface area contributed by atoms with Crippen molar-refractivity contribution in [2.24, 2.45) is 0 Å². The molecule has 1 fully saturated rings. The van der Waals surface area contributed by atoms with Crippen molar-refractivity contribution < 1.29 is 9.63 Å². The number of hydrogen-bond donors (Lipinski definition) is 0. The first-order valence-corrected chi connectivity index (χ1v) is 7.06. The van der Waals surface area contributed by atoms with Crippen LogP contribution in [0.15, 0.2) is 24.3 Å². The van der Waals surface area contributed by atoms with Crippen molar-refractivity contribution in [1.29, 1.82) is 0 Å². The Balaban J connectivity index is 2.42. The zero-order valence-corrected chi connectivity index (χ0v) is 12.2. The van der Waals surface area contributed by atoms with Crippen LogP contribution < -0.4 is 0 Å². The van der Waals surface area contributed by atoms with Crippen LogP contribution in [0.3, 0.4) is 0 Å². The van der Waals surface area contributed by atoms with Gasteiger partial charge in [-0.15, -0.1) is 0 Å². The van der Waals surface area contributed by atoms with Gasteiger partial charge in [0.05, 0.1) is 12.5 Å². The molecule has 19 heavy (non-hydrogen) atoms. The van der Waals surface area contributed by atoms with Crippen LogP contribution in [0.2, 0.25) is 5.02 Å². The van der Waals surface area contributed by atoms with Gasteiger partial charge in [-0.1, -0.05) is 43.0 Å². The summed E-state index contributed by atoms with van der Waals surface area (Å²) >= 11 is 6.09. The third kappa shape index (κ3) is 2.77. The normalized spacial score (nSPS) is 18.1. The summed E-state index contributed by atoms with van der Waals surface area (Å²) in [4.78, 5) is 17.8. The highest BCUT2D eigenvalue weighted by Crippen LogP contribution is 2.41. The van der Waals surface area contributed by atoms with Gasteiger partial charge < -0.3 is 0 Å². The summed E-state index contributed by atoms with van der Waals surface area (Å²) in [6, 6.07) is 7.66. The van der Waals surface area contributed by atoms with Crippen LogP contribution in [0.5, 0.6) is 0 Å². The minimum absolute atomic E-state index is 0.0250. The van der Waals surface area contributed by atoms with Crippen LogP contribution in [0.4, 0.5) is 0 Å². The molecule has 1 saturated carbocycles. The second-order valence-corrected chi connectivity index (χ2v) is 5.57. The predicted molar refractivity (Wildman–Crippen MR) is 76.0 cm³/mol. The Bertz CT molecular complexity index is 455. The van der Waals surface area contributed by atoms with Gasteiger partial charge in [0.25, 0.3) is 5.91 Å². The molecule has 0 spiro atoms. The van der Waals surface area contributed by atoms with Crippen LogP contribution in [0, 0.1) is 0 Å². The van der Waals surface area contributed by atoms with Crippen LogP contribution in [0.25, 0.3) is 0 Å². The largest absolute Gasteiger partial charge is 0.275 e. The molecule has 104 valence electrons. The minimum Gasteiger partial charge on any atom is -0.275 e. The van der Waals surface area contributed by atoms with E-state index < -0.39 is 5.41 Å². The number of halogens is 1. The summed E-state index contributed by atoms with van der Waals surface area (Å²) in [5.41, 5.74) is 0.530. The fourth-order valence-corrected chi connectivity index (χ4v) is 3.14.